The third kappa shape index (κ3) is 4.49. The van der Waals surface area contributed by atoms with Crippen LogP contribution in [0.4, 0.5) is 0 Å². The van der Waals surface area contributed by atoms with Crippen LogP contribution >= 0.6 is 11.6 Å². The first kappa shape index (κ1) is 23.4. The lowest BCUT2D eigenvalue weighted by Crippen LogP contribution is -2.31. The minimum atomic E-state index is -0.858. The Morgan fingerprint density at radius 1 is 1.09 bits per heavy atom. The minimum absolute atomic E-state index is 0.0125. The predicted octanol–water partition coefficient (Wildman–Crippen LogP) is 4.07. The van der Waals surface area contributed by atoms with E-state index in [0.29, 0.717) is 40.6 Å². The zero-order valence-electron chi connectivity index (χ0n) is 18.8. The van der Waals surface area contributed by atoms with Gasteiger partial charge in [-0.25, -0.2) is 4.98 Å². The molecule has 9 heteroatoms. The van der Waals surface area contributed by atoms with Crippen LogP contribution in [0.15, 0.2) is 66.8 Å². The van der Waals surface area contributed by atoms with Crippen molar-refractivity contribution in [2.24, 2.45) is 0 Å². The monoisotopic (exact) mass is 481 g/mol. The zero-order valence-corrected chi connectivity index (χ0v) is 19.5. The van der Waals surface area contributed by atoms with E-state index < -0.39 is 17.7 Å². The highest BCUT2D eigenvalue weighted by Crippen LogP contribution is 2.44. The number of amides is 1. The van der Waals surface area contributed by atoms with E-state index in [2.05, 4.69) is 4.98 Å². The second-order valence-corrected chi connectivity index (χ2v) is 8.20. The lowest BCUT2D eigenvalue weighted by atomic mass is 9.94. The van der Waals surface area contributed by atoms with Crippen molar-refractivity contribution in [1.82, 2.24) is 14.5 Å². The van der Waals surface area contributed by atoms with E-state index in [4.69, 9.17) is 21.1 Å². The van der Waals surface area contributed by atoms with Gasteiger partial charge in [0.05, 0.1) is 32.2 Å². The molecule has 0 spiro atoms. The van der Waals surface area contributed by atoms with Gasteiger partial charge in [-0.3, -0.25) is 9.59 Å². The summed E-state index contributed by atoms with van der Waals surface area (Å²) in [6, 6.07) is 10.7. The van der Waals surface area contributed by atoms with Gasteiger partial charge in [-0.05, 0) is 48.9 Å². The van der Waals surface area contributed by atoms with Crippen LogP contribution < -0.4 is 9.47 Å². The van der Waals surface area contributed by atoms with Gasteiger partial charge in [0.2, 0.25) is 0 Å². The highest BCUT2D eigenvalue weighted by atomic mass is 35.5. The summed E-state index contributed by atoms with van der Waals surface area (Å²) < 4.78 is 12.8. The highest BCUT2D eigenvalue weighted by Gasteiger charge is 2.47. The van der Waals surface area contributed by atoms with Crippen molar-refractivity contribution in [3.63, 3.8) is 0 Å². The van der Waals surface area contributed by atoms with E-state index in [1.54, 1.807) is 55.0 Å². The molecule has 0 saturated carbocycles. The summed E-state index contributed by atoms with van der Waals surface area (Å²) in [5.41, 5.74) is 0.911. The van der Waals surface area contributed by atoms with E-state index in [9.17, 15) is 14.7 Å². The number of aliphatic hydroxyl groups excluding tert-OH is 1. The number of ketones is 1. The fraction of sp³-hybridized carbons (Fsp3) is 0.240. The molecule has 0 bridgehead atoms. The molecule has 3 aromatic rings. The van der Waals surface area contributed by atoms with Gasteiger partial charge in [-0.2, -0.15) is 0 Å². The molecule has 176 valence electrons. The van der Waals surface area contributed by atoms with Crippen molar-refractivity contribution < 1.29 is 24.2 Å². The number of imidazole rings is 1. The third-order valence-corrected chi connectivity index (χ3v) is 6.02. The Kier molecular flexibility index (Phi) is 6.88. The molecular weight excluding hydrogens is 458 g/mol. The number of aryl methyl sites for hydroxylation is 1. The van der Waals surface area contributed by atoms with Crippen molar-refractivity contribution >= 4 is 29.1 Å². The Bertz CT molecular complexity index is 1220. The number of benzene rings is 2. The molecule has 1 atom stereocenters. The topological polar surface area (TPSA) is 93.9 Å². The van der Waals surface area contributed by atoms with Crippen LogP contribution in [0.1, 0.15) is 23.6 Å². The molecular formula is C25H24ClN3O5. The van der Waals surface area contributed by atoms with Gasteiger partial charge in [0.25, 0.3) is 11.7 Å². The zero-order chi connectivity index (χ0) is 24.2. The largest absolute Gasteiger partial charge is 0.507 e. The van der Waals surface area contributed by atoms with Crippen LogP contribution in [0.5, 0.6) is 11.5 Å². The summed E-state index contributed by atoms with van der Waals surface area (Å²) in [5.74, 6) is -0.719. The Labute approximate surface area is 202 Å². The van der Waals surface area contributed by atoms with Gasteiger partial charge >= 0.3 is 0 Å². The molecule has 8 nitrogen and oxygen atoms in total. The molecule has 1 unspecified atom stereocenters. The molecule has 2 aromatic carbocycles. The van der Waals surface area contributed by atoms with Gasteiger partial charge in [0.15, 0.2) is 0 Å². The number of hydrogen-bond donors (Lipinski definition) is 1. The second-order valence-electron chi connectivity index (χ2n) is 7.76. The number of aliphatic hydroxyl groups is 1. The van der Waals surface area contributed by atoms with Gasteiger partial charge < -0.3 is 24.0 Å². The van der Waals surface area contributed by atoms with E-state index >= 15 is 0 Å². The first-order valence-corrected chi connectivity index (χ1v) is 11.0. The molecule has 1 saturated heterocycles. The van der Waals surface area contributed by atoms with Gasteiger partial charge in [-0.1, -0.05) is 11.6 Å². The number of ether oxygens (including phenoxy) is 2. The van der Waals surface area contributed by atoms with Crippen molar-refractivity contribution in [1.29, 1.82) is 0 Å². The number of hydrogen-bond acceptors (Lipinski definition) is 6. The Hall–Kier alpha value is -3.78. The van der Waals surface area contributed by atoms with Gasteiger partial charge in [-0.15, -0.1) is 0 Å². The summed E-state index contributed by atoms with van der Waals surface area (Å²) in [6.45, 7) is 0.896. The lowest BCUT2D eigenvalue weighted by molar-refractivity contribution is -0.140. The quantitative estimate of drug-likeness (QED) is 0.296. The smallest absolute Gasteiger partial charge is 0.295 e. The predicted molar refractivity (Wildman–Crippen MR) is 127 cm³/mol. The molecule has 0 aliphatic carbocycles. The van der Waals surface area contributed by atoms with Crippen molar-refractivity contribution in [3.05, 3.63) is 82.9 Å². The summed E-state index contributed by atoms with van der Waals surface area (Å²) in [7, 11) is 3.04. The minimum Gasteiger partial charge on any atom is -0.507 e. The second kappa shape index (κ2) is 10.0. The van der Waals surface area contributed by atoms with Gasteiger partial charge in [0.1, 0.15) is 17.3 Å². The fourth-order valence-corrected chi connectivity index (χ4v) is 4.22. The van der Waals surface area contributed by atoms with Gasteiger partial charge in [0, 0.05) is 41.6 Å². The number of carbonyl (C=O) groups excluding carboxylic acids is 2. The maximum absolute atomic E-state index is 13.2. The van der Waals surface area contributed by atoms with E-state index in [1.165, 1.54) is 19.1 Å². The maximum Gasteiger partial charge on any atom is 0.295 e. The first-order chi connectivity index (χ1) is 16.4. The third-order valence-electron chi connectivity index (χ3n) is 5.76. The fourth-order valence-electron chi connectivity index (χ4n) is 4.09. The van der Waals surface area contributed by atoms with Crippen LogP contribution in [0.2, 0.25) is 5.02 Å². The SMILES string of the molecule is COc1ccc(OC)c(C2/C(=C(/O)c3ccc(Cl)cc3)C(=O)C(=O)N2CCCn2ccnc2)c1. The normalized spacial score (nSPS) is 17.3. The average molecular weight is 482 g/mol. The summed E-state index contributed by atoms with van der Waals surface area (Å²) in [5, 5.41) is 11.7. The van der Waals surface area contributed by atoms with Crippen molar-refractivity contribution in [2.45, 2.75) is 19.0 Å². The molecule has 1 amide bonds. The van der Waals surface area contributed by atoms with Crippen molar-refractivity contribution in [2.75, 3.05) is 20.8 Å². The Morgan fingerprint density at radius 2 is 1.85 bits per heavy atom. The number of likely N-dealkylation sites (tertiary alicyclic amines) is 1. The summed E-state index contributed by atoms with van der Waals surface area (Å²) in [6.07, 6.45) is 5.78. The maximum atomic E-state index is 13.2. The standard InChI is InChI=1S/C25H24ClN3O5/c1-33-18-8-9-20(34-2)19(14-18)22-21(23(30)16-4-6-17(26)7-5-16)24(31)25(32)29(22)12-3-11-28-13-10-27-15-28/h4-10,13-15,22,30H,3,11-12H2,1-2H3/b23-21-. The van der Waals surface area contributed by atoms with Crippen LogP contribution in [0.25, 0.3) is 5.76 Å². The molecule has 1 aliphatic heterocycles. The first-order valence-electron chi connectivity index (χ1n) is 10.7. The molecule has 1 fully saturated rings. The van der Waals surface area contributed by atoms with Crippen LogP contribution in [-0.2, 0) is 16.1 Å². The number of halogens is 1. The average Bonchev–Trinajstić information content (AvgIpc) is 3.46. The molecule has 2 heterocycles. The lowest BCUT2D eigenvalue weighted by Gasteiger charge is -2.27. The van der Waals surface area contributed by atoms with E-state index in [-0.39, 0.29) is 17.9 Å². The van der Waals surface area contributed by atoms with E-state index in [1.807, 2.05) is 10.8 Å². The molecule has 0 radical (unpaired) electrons. The highest BCUT2D eigenvalue weighted by molar-refractivity contribution is 6.46. The molecule has 1 N–H and O–H groups in total. The van der Waals surface area contributed by atoms with Crippen LogP contribution in [0.3, 0.4) is 0 Å². The number of nitrogens with zero attached hydrogens (tertiary/aromatic N) is 3. The molecule has 4 rings (SSSR count). The van der Waals surface area contributed by atoms with E-state index in [0.717, 1.165) is 0 Å². The number of carbonyl (C=O) groups is 2. The number of aromatic nitrogens is 2. The van der Waals surface area contributed by atoms with Crippen LogP contribution in [-0.4, -0.2) is 52.0 Å². The summed E-state index contributed by atoms with van der Waals surface area (Å²) >= 11 is 5.98. The Morgan fingerprint density at radius 3 is 2.50 bits per heavy atom. The van der Waals surface area contributed by atoms with Crippen LogP contribution in [0, 0.1) is 0 Å². The Balaban J connectivity index is 1.81. The number of methoxy groups -OCH3 is 2. The number of Topliss-reactive ketones (excluding diaryl/α,β-unsaturated/α-hetero) is 1. The van der Waals surface area contributed by atoms with Crippen molar-refractivity contribution in [3.8, 4) is 11.5 Å². The molecule has 34 heavy (non-hydrogen) atoms. The molecule has 1 aromatic heterocycles. The number of rotatable bonds is 8. The summed E-state index contributed by atoms with van der Waals surface area (Å²) in [4.78, 5) is 31.9. The molecule has 1 aliphatic rings.